The fraction of sp³-hybridized carbons (Fsp3) is 0.375. The van der Waals surface area contributed by atoms with E-state index < -0.39 is 0 Å². The summed E-state index contributed by atoms with van der Waals surface area (Å²) in [4.78, 5) is 8.39. The Morgan fingerprint density at radius 3 is 3.00 bits per heavy atom. The molecule has 0 amide bonds. The number of aromatic nitrogens is 2. The zero-order chi connectivity index (χ0) is 13.8. The fourth-order valence-corrected chi connectivity index (χ4v) is 2.79. The second-order valence-electron chi connectivity index (χ2n) is 4.99. The molecule has 0 saturated carbocycles. The van der Waals surface area contributed by atoms with Crippen LogP contribution >= 0.6 is 12.4 Å². The molecule has 5 heteroatoms. The molecule has 0 radical (unpaired) electrons. The standard InChI is InChI=1S/C16H19N3O.ClH/c1-17-10-16-14-5-2-4-13(12(14)6-3-9-20-16)15-7-8-18-11-19-15;/h2,4-5,7-8,11,16-17H,3,6,9-10H2,1H3;1H/t16-;/m1./s1. The van der Waals surface area contributed by atoms with Crippen LogP contribution < -0.4 is 5.32 Å². The second-order valence-corrected chi connectivity index (χ2v) is 4.99. The molecular formula is C16H20ClN3O. The van der Waals surface area contributed by atoms with Crippen molar-refractivity contribution >= 4 is 12.4 Å². The van der Waals surface area contributed by atoms with Crippen molar-refractivity contribution < 1.29 is 4.74 Å². The van der Waals surface area contributed by atoms with Crippen molar-refractivity contribution in [3.8, 4) is 11.3 Å². The number of rotatable bonds is 3. The van der Waals surface area contributed by atoms with Crippen LogP contribution in [0.5, 0.6) is 0 Å². The second kappa shape index (κ2) is 7.50. The van der Waals surface area contributed by atoms with Gasteiger partial charge in [0.15, 0.2) is 0 Å². The van der Waals surface area contributed by atoms with Gasteiger partial charge in [-0.25, -0.2) is 9.97 Å². The molecule has 0 aliphatic carbocycles. The zero-order valence-corrected chi connectivity index (χ0v) is 12.9. The number of benzene rings is 1. The van der Waals surface area contributed by atoms with Gasteiger partial charge in [0.25, 0.3) is 0 Å². The molecule has 0 spiro atoms. The normalized spacial score (nSPS) is 17.5. The Hall–Kier alpha value is -1.49. The van der Waals surface area contributed by atoms with Crippen LogP contribution in [0.15, 0.2) is 36.8 Å². The molecule has 1 aliphatic rings. The van der Waals surface area contributed by atoms with Gasteiger partial charge < -0.3 is 10.1 Å². The van der Waals surface area contributed by atoms with E-state index in [0.717, 1.165) is 31.7 Å². The van der Waals surface area contributed by atoms with Crippen molar-refractivity contribution in [3.05, 3.63) is 47.9 Å². The highest BCUT2D eigenvalue weighted by Crippen LogP contribution is 2.32. The van der Waals surface area contributed by atoms with Crippen LogP contribution in [0.3, 0.4) is 0 Å². The van der Waals surface area contributed by atoms with Crippen LogP contribution in [-0.4, -0.2) is 30.2 Å². The Bertz CT molecular complexity index is 577. The zero-order valence-electron chi connectivity index (χ0n) is 12.1. The Balaban J connectivity index is 0.00000161. The van der Waals surface area contributed by atoms with Crippen LogP contribution in [-0.2, 0) is 11.2 Å². The maximum absolute atomic E-state index is 5.97. The minimum Gasteiger partial charge on any atom is -0.372 e. The maximum atomic E-state index is 5.97. The number of nitrogens with one attached hydrogen (secondary N) is 1. The van der Waals surface area contributed by atoms with Gasteiger partial charge in [0.2, 0.25) is 0 Å². The molecule has 1 aromatic carbocycles. The van der Waals surface area contributed by atoms with E-state index in [4.69, 9.17) is 4.74 Å². The lowest BCUT2D eigenvalue weighted by atomic mass is 9.93. The average Bonchev–Trinajstić information content (AvgIpc) is 2.71. The quantitative estimate of drug-likeness (QED) is 0.947. The SMILES string of the molecule is CNC[C@H]1OCCCc2c(-c3ccncn3)cccc21.Cl. The van der Waals surface area contributed by atoms with Gasteiger partial charge in [0, 0.05) is 24.9 Å². The molecule has 1 atom stereocenters. The van der Waals surface area contributed by atoms with Crippen molar-refractivity contribution in [1.82, 2.24) is 15.3 Å². The van der Waals surface area contributed by atoms with E-state index in [2.05, 4.69) is 33.5 Å². The number of hydrogen-bond donors (Lipinski definition) is 1. The van der Waals surface area contributed by atoms with Gasteiger partial charge in [-0.2, -0.15) is 0 Å². The maximum Gasteiger partial charge on any atom is 0.116 e. The summed E-state index contributed by atoms with van der Waals surface area (Å²) in [7, 11) is 1.96. The van der Waals surface area contributed by atoms with Crippen LogP contribution in [0.2, 0.25) is 0 Å². The lowest BCUT2D eigenvalue weighted by molar-refractivity contribution is 0.0579. The molecule has 21 heavy (non-hydrogen) atoms. The summed E-state index contributed by atoms with van der Waals surface area (Å²) < 4.78 is 5.97. The summed E-state index contributed by atoms with van der Waals surface area (Å²) in [5.41, 5.74) is 4.84. The molecule has 2 aromatic rings. The van der Waals surface area contributed by atoms with Gasteiger partial charge >= 0.3 is 0 Å². The molecular weight excluding hydrogens is 286 g/mol. The highest BCUT2D eigenvalue weighted by Gasteiger charge is 2.21. The van der Waals surface area contributed by atoms with Gasteiger partial charge in [0.1, 0.15) is 6.33 Å². The summed E-state index contributed by atoms with van der Waals surface area (Å²) in [5.74, 6) is 0. The van der Waals surface area contributed by atoms with Crippen molar-refractivity contribution in [1.29, 1.82) is 0 Å². The first-order valence-corrected chi connectivity index (χ1v) is 7.04. The number of hydrogen-bond acceptors (Lipinski definition) is 4. The Kier molecular flexibility index (Phi) is 5.67. The molecule has 1 aromatic heterocycles. The molecule has 0 bridgehead atoms. The third-order valence-electron chi connectivity index (χ3n) is 3.70. The molecule has 0 fully saturated rings. The largest absolute Gasteiger partial charge is 0.372 e. The lowest BCUT2D eigenvalue weighted by Gasteiger charge is -2.19. The smallest absolute Gasteiger partial charge is 0.116 e. The van der Waals surface area contributed by atoms with Crippen molar-refractivity contribution in [2.24, 2.45) is 0 Å². The minimum atomic E-state index is 0. The first-order valence-electron chi connectivity index (χ1n) is 7.04. The van der Waals surface area contributed by atoms with Gasteiger partial charge in [-0.05, 0) is 37.1 Å². The molecule has 0 unspecified atom stereocenters. The molecule has 112 valence electrons. The molecule has 4 nitrogen and oxygen atoms in total. The number of fused-ring (bicyclic) bond motifs is 1. The van der Waals surface area contributed by atoms with E-state index in [1.54, 1.807) is 12.5 Å². The van der Waals surface area contributed by atoms with E-state index >= 15 is 0 Å². The topological polar surface area (TPSA) is 47.0 Å². The molecule has 1 N–H and O–H groups in total. The van der Waals surface area contributed by atoms with Crippen LogP contribution in [0, 0.1) is 0 Å². The highest BCUT2D eigenvalue weighted by atomic mass is 35.5. The fourth-order valence-electron chi connectivity index (χ4n) is 2.79. The first kappa shape index (κ1) is 15.9. The van der Waals surface area contributed by atoms with E-state index in [1.165, 1.54) is 16.7 Å². The molecule has 2 heterocycles. The van der Waals surface area contributed by atoms with E-state index in [-0.39, 0.29) is 18.5 Å². The first-order chi connectivity index (χ1) is 9.90. The predicted octanol–water partition coefficient (Wildman–Crippen LogP) is 2.79. The number of ether oxygens (including phenoxy) is 1. The van der Waals surface area contributed by atoms with Gasteiger partial charge in [-0.15, -0.1) is 12.4 Å². The van der Waals surface area contributed by atoms with Gasteiger partial charge in [-0.3, -0.25) is 0 Å². The van der Waals surface area contributed by atoms with E-state index in [0.29, 0.717) is 0 Å². The van der Waals surface area contributed by atoms with E-state index in [9.17, 15) is 0 Å². The van der Waals surface area contributed by atoms with Crippen molar-refractivity contribution in [3.63, 3.8) is 0 Å². The highest BCUT2D eigenvalue weighted by molar-refractivity contribution is 5.85. The summed E-state index contributed by atoms with van der Waals surface area (Å²) in [6.07, 6.45) is 5.61. The summed E-state index contributed by atoms with van der Waals surface area (Å²) in [6, 6.07) is 8.37. The van der Waals surface area contributed by atoms with Crippen molar-refractivity contribution in [2.75, 3.05) is 20.2 Å². The molecule has 0 saturated heterocycles. The summed E-state index contributed by atoms with van der Waals surface area (Å²) in [5, 5.41) is 3.21. The Morgan fingerprint density at radius 2 is 2.24 bits per heavy atom. The monoisotopic (exact) mass is 305 g/mol. The number of halogens is 1. The minimum absolute atomic E-state index is 0. The van der Waals surface area contributed by atoms with Crippen LogP contribution in [0.1, 0.15) is 23.7 Å². The summed E-state index contributed by atoms with van der Waals surface area (Å²) in [6.45, 7) is 1.64. The predicted molar refractivity (Wildman–Crippen MR) is 85.7 cm³/mol. The lowest BCUT2D eigenvalue weighted by Crippen LogP contribution is -2.20. The van der Waals surface area contributed by atoms with Crippen LogP contribution in [0.25, 0.3) is 11.3 Å². The van der Waals surface area contributed by atoms with E-state index in [1.807, 2.05) is 13.1 Å². The van der Waals surface area contributed by atoms with Gasteiger partial charge in [-0.1, -0.05) is 18.2 Å². The number of likely N-dealkylation sites (N-methyl/N-ethyl adjacent to an activating group) is 1. The van der Waals surface area contributed by atoms with Gasteiger partial charge in [0.05, 0.1) is 11.8 Å². The Morgan fingerprint density at radius 1 is 1.33 bits per heavy atom. The molecule has 3 rings (SSSR count). The van der Waals surface area contributed by atoms with Crippen LogP contribution in [0.4, 0.5) is 0 Å². The Labute approximate surface area is 131 Å². The molecule has 1 aliphatic heterocycles. The third-order valence-corrected chi connectivity index (χ3v) is 3.70. The average molecular weight is 306 g/mol. The summed E-state index contributed by atoms with van der Waals surface area (Å²) >= 11 is 0. The number of nitrogens with zero attached hydrogens (tertiary/aromatic N) is 2. The third kappa shape index (κ3) is 3.40. The van der Waals surface area contributed by atoms with Crippen molar-refractivity contribution in [2.45, 2.75) is 18.9 Å².